The Bertz CT molecular complexity index is 623. The van der Waals surface area contributed by atoms with Crippen molar-refractivity contribution in [3.63, 3.8) is 0 Å². The van der Waals surface area contributed by atoms with Crippen LogP contribution in [0.25, 0.3) is 0 Å². The van der Waals surface area contributed by atoms with E-state index in [-0.39, 0.29) is 5.91 Å². The second-order valence-corrected chi connectivity index (χ2v) is 5.40. The lowest BCUT2D eigenvalue weighted by Gasteiger charge is -2.11. The Hall–Kier alpha value is -2.36. The van der Waals surface area contributed by atoms with Crippen molar-refractivity contribution in [2.24, 2.45) is 0 Å². The number of nitrogens with zero attached hydrogens (tertiary/aromatic N) is 1. The number of aromatic nitrogens is 1. The lowest BCUT2D eigenvalue weighted by Crippen LogP contribution is -2.24. The molecule has 0 atom stereocenters. The van der Waals surface area contributed by atoms with Crippen molar-refractivity contribution in [3.05, 3.63) is 59.4 Å². The molecule has 1 heterocycles. The van der Waals surface area contributed by atoms with Crippen LogP contribution in [0.4, 0.5) is 5.69 Å². The molecule has 0 bridgehead atoms. The first-order valence-corrected chi connectivity index (χ1v) is 7.11. The van der Waals surface area contributed by atoms with Crippen LogP contribution < -0.4 is 10.6 Å². The largest absolute Gasteiger partial charge is 0.383 e. The van der Waals surface area contributed by atoms with Gasteiger partial charge in [-0.1, -0.05) is 29.8 Å². The van der Waals surface area contributed by atoms with E-state index >= 15 is 0 Å². The van der Waals surface area contributed by atoms with E-state index < -0.39 is 0 Å². The third-order valence-corrected chi connectivity index (χ3v) is 2.98. The van der Waals surface area contributed by atoms with E-state index in [2.05, 4.69) is 35.5 Å². The molecule has 0 radical (unpaired) electrons. The Kier molecular flexibility index (Phi) is 4.93. The summed E-state index contributed by atoms with van der Waals surface area (Å²) in [5, 5.41) is 6.16. The summed E-state index contributed by atoms with van der Waals surface area (Å²) in [7, 11) is 0. The molecule has 0 fully saturated rings. The van der Waals surface area contributed by atoms with E-state index in [1.807, 2.05) is 31.2 Å². The first kappa shape index (κ1) is 15.0. The van der Waals surface area contributed by atoms with Crippen molar-refractivity contribution in [2.75, 3.05) is 5.32 Å². The average molecular weight is 283 g/mol. The number of hydrogen-bond acceptors (Lipinski definition) is 3. The number of aryl methyl sites for hydroxylation is 1. The summed E-state index contributed by atoms with van der Waals surface area (Å²) in [5.41, 5.74) is 3.59. The van der Waals surface area contributed by atoms with Crippen molar-refractivity contribution in [3.8, 4) is 0 Å². The smallest absolute Gasteiger partial charge is 0.270 e. The quantitative estimate of drug-likeness (QED) is 0.886. The molecule has 1 amide bonds. The maximum Gasteiger partial charge on any atom is 0.270 e. The van der Waals surface area contributed by atoms with Crippen LogP contribution in [0.1, 0.15) is 35.5 Å². The molecule has 4 heteroatoms. The average Bonchev–Trinajstić information content (AvgIpc) is 2.44. The van der Waals surface area contributed by atoms with Gasteiger partial charge in [-0.05, 0) is 38.5 Å². The summed E-state index contributed by atoms with van der Waals surface area (Å²) in [6.07, 6.45) is 1.65. The van der Waals surface area contributed by atoms with Gasteiger partial charge in [0.25, 0.3) is 5.91 Å². The molecule has 0 unspecified atom stereocenters. The van der Waals surface area contributed by atoms with Crippen LogP contribution in [0.5, 0.6) is 0 Å². The van der Waals surface area contributed by atoms with Gasteiger partial charge < -0.3 is 10.6 Å². The molecule has 2 aromatic rings. The summed E-state index contributed by atoms with van der Waals surface area (Å²) >= 11 is 0. The SMILES string of the molecule is Cc1cccc(CNC(=O)c2cc(NC(C)C)ccn2)c1. The van der Waals surface area contributed by atoms with Gasteiger partial charge in [-0.15, -0.1) is 0 Å². The lowest BCUT2D eigenvalue weighted by atomic mass is 10.1. The highest BCUT2D eigenvalue weighted by Gasteiger charge is 2.08. The Morgan fingerprint density at radius 1 is 1.24 bits per heavy atom. The third kappa shape index (κ3) is 4.60. The Balaban J connectivity index is 2.00. The highest BCUT2D eigenvalue weighted by Crippen LogP contribution is 2.10. The van der Waals surface area contributed by atoms with Crippen LogP contribution in [0.2, 0.25) is 0 Å². The fourth-order valence-corrected chi connectivity index (χ4v) is 2.07. The predicted octanol–water partition coefficient (Wildman–Crippen LogP) is 3.14. The van der Waals surface area contributed by atoms with Crippen molar-refractivity contribution in [1.29, 1.82) is 0 Å². The Labute approximate surface area is 125 Å². The highest BCUT2D eigenvalue weighted by atomic mass is 16.1. The number of nitrogens with one attached hydrogen (secondary N) is 2. The first-order chi connectivity index (χ1) is 10.0. The number of carbonyl (C=O) groups excluding carboxylic acids is 1. The Morgan fingerprint density at radius 2 is 2.05 bits per heavy atom. The van der Waals surface area contributed by atoms with Crippen molar-refractivity contribution in [1.82, 2.24) is 10.3 Å². The molecule has 2 N–H and O–H groups in total. The summed E-state index contributed by atoms with van der Waals surface area (Å²) in [6.45, 7) is 6.65. The summed E-state index contributed by atoms with van der Waals surface area (Å²) < 4.78 is 0. The normalized spacial score (nSPS) is 10.5. The lowest BCUT2D eigenvalue weighted by molar-refractivity contribution is 0.0946. The molecule has 0 saturated heterocycles. The van der Waals surface area contributed by atoms with Gasteiger partial charge in [0.2, 0.25) is 0 Å². The van der Waals surface area contributed by atoms with Crippen LogP contribution in [-0.2, 0) is 6.54 Å². The number of benzene rings is 1. The molecule has 0 aliphatic carbocycles. The number of hydrogen-bond donors (Lipinski definition) is 2. The number of anilines is 1. The zero-order valence-electron chi connectivity index (χ0n) is 12.7. The molecule has 0 aliphatic heterocycles. The fourth-order valence-electron chi connectivity index (χ4n) is 2.07. The number of amides is 1. The van der Waals surface area contributed by atoms with Gasteiger partial charge in [-0.3, -0.25) is 9.78 Å². The molecule has 1 aromatic carbocycles. The number of rotatable bonds is 5. The van der Waals surface area contributed by atoms with E-state index in [0.717, 1.165) is 11.3 Å². The summed E-state index contributed by atoms with van der Waals surface area (Å²) in [5.74, 6) is -0.163. The maximum absolute atomic E-state index is 12.1. The molecule has 4 nitrogen and oxygen atoms in total. The molecule has 1 aromatic heterocycles. The van der Waals surface area contributed by atoms with E-state index in [1.165, 1.54) is 5.56 Å². The van der Waals surface area contributed by atoms with Crippen molar-refractivity contribution < 1.29 is 4.79 Å². The van der Waals surface area contributed by atoms with E-state index in [9.17, 15) is 4.79 Å². The number of pyridine rings is 1. The topological polar surface area (TPSA) is 54.0 Å². The van der Waals surface area contributed by atoms with Crippen LogP contribution in [0, 0.1) is 6.92 Å². The van der Waals surface area contributed by atoms with Gasteiger partial charge in [0.15, 0.2) is 0 Å². The number of carbonyl (C=O) groups is 1. The van der Waals surface area contributed by atoms with Crippen LogP contribution in [-0.4, -0.2) is 16.9 Å². The molecular weight excluding hydrogens is 262 g/mol. The van der Waals surface area contributed by atoms with E-state index in [0.29, 0.717) is 18.3 Å². The fraction of sp³-hybridized carbons (Fsp3) is 0.294. The third-order valence-electron chi connectivity index (χ3n) is 2.98. The van der Waals surface area contributed by atoms with E-state index in [1.54, 1.807) is 12.3 Å². The van der Waals surface area contributed by atoms with E-state index in [4.69, 9.17) is 0 Å². The summed E-state index contributed by atoms with van der Waals surface area (Å²) in [6, 6.07) is 12.0. The van der Waals surface area contributed by atoms with Gasteiger partial charge in [0.1, 0.15) is 5.69 Å². The molecule has 0 aliphatic rings. The minimum absolute atomic E-state index is 0.163. The standard InChI is InChI=1S/C17H21N3O/c1-12(2)20-15-7-8-18-16(10-15)17(21)19-11-14-6-4-5-13(3)9-14/h4-10,12H,11H2,1-3H3,(H,18,20)(H,19,21). The second kappa shape index (κ2) is 6.88. The van der Waals surface area contributed by atoms with Crippen molar-refractivity contribution in [2.45, 2.75) is 33.4 Å². The van der Waals surface area contributed by atoms with Gasteiger partial charge in [-0.2, -0.15) is 0 Å². The van der Waals surface area contributed by atoms with Gasteiger partial charge >= 0.3 is 0 Å². The molecule has 0 saturated carbocycles. The highest BCUT2D eigenvalue weighted by molar-refractivity contribution is 5.93. The summed E-state index contributed by atoms with van der Waals surface area (Å²) in [4.78, 5) is 16.3. The van der Waals surface area contributed by atoms with Gasteiger partial charge in [-0.25, -0.2) is 0 Å². The molecule has 110 valence electrons. The minimum Gasteiger partial charge on any atom is -0.383 e. The van der Waals surface area contributed by atoms with Crippen LogP contribution in [0.3, 0.4) is 0 Å². The first-order valence-electron chi connectivity index (χ1n) is 7.11. The Morgan fingerprint density at radius 3 is 2.76 bits per heavy atom. The monoisotopic (exact) mass is 283 g/mol. The van der Waals surface area contributed by atoms with Gasteiger partial charge in [0.05, 0.1) is 0 Å². The molecule has 2 rings (SSSR count). The van der Waals surface area contributed by atoms with Crippen molar-refractivity contribution >= 4 is 11.6 Å². The predicted molar refractivity (Wildman–Crippen MR) is 85.3 cm³/mol. The van der Waals surface area contributed by atoms with Crippen LogP contribution in [0.15, 0.2) is 42.6 Å². The maximum atomic E-state index is 12.1. The minimum atomic E-state index is -0.163. The van der Waals surface area contributed by atoms with Crippen LogP contribution >= 0.6 is 0 Å². The second-order valence-electron chi connectivity index (χ2n) is 5.40. The molecular formula is C17H21N3O. The van der Waals surface area contributed by atoms with Gasteiger partial charge in [0, 0.05) is 24.5 Å². The zero-order chi connectivity index (χ0) is 15.2. The zero-order valence-corrected chi connectivity index (χ0v) is 12.7. The molecule has 21 heavy (non-hydrogen) atoms. The molecule has 0 spiro atoms.